The van der Waals surface area contributed by atoms with Crippen molar-refractivity contribution in [1.82, 2.24) is 4.98 Å². The zero-order valence-electron chi connectivity index (χ0n) is 7.25. The van der Waals surface area contributed by atoms with Gasteiger partial charge in [-0.3, -0.25) is 4.98 Å². The minimum Gasteiger partial charge on any atom is -0.404 e. The molecule has 0 aliphatic heterocycles. The fourth-order valence-electron chi connectivity index (χ4n) is 0.854. The Kier molecular flexibility index (Phi) is 2.95. The van der Waals surface area contributed by atoms with E-state index in [0.717, 1.165) is 12.3 Å². The number of aliphatic hydroxyl groups excluding tert-OH is 1. The molecule has 0 aromatic carbocycles. The molecule has 0 saturated heterocycles. The molecule has 1 heterocycles. The van der Waals surface area contributed by atoms with Crippen LogP contribution in [0.2, 0.25) is 0 Å². The second kappa shape index (κ2) is 3.83. The molecular weight excluding hydrogens is 199 g/mol. The monoisotopic (exact) mass is 207 g/mol. The van der Waals surface area contributed by atoms with Crippen LogP contribution in [0, 0.1) is 0 Å². The van der Waals surface area contributed by atoms with Crippen LogP contribution < -0.4 is 4.74 Å². The lowest BCUT2D eigenvalue weighted by atomic mass is 10.2. The molecule has 78 valence electrons. The van der Waals surface area contributed by atoms with Gasteiger partial charge in [-0.05, 0) is 13.0 Å². The molecule has 0 amide bonds. The number of alkyl halides is 3. The predicted molar refractivity (Wildman–Crippen MR) is 41.6 cm³/mol. The molecular formula is C8H8F3NO2. The number of pyridine rings is 1. The van der Waals surface area contributed by atoms with Crippen molar-refractivity contribution >= 4 is 0 Å². The Balaban J connectivity index is 2.84. The van der Waals surface area contributed by atoms with Gasteiger partial charge in [-0.15, -0.1) is 13.2 Å². The number of halogens is 3. The van der Waals surface area contributed by atoms with Gasteiger partial charge in [0.2, 0.25) is 0 Å². The Morgan fingerprint density at radius 1 is 1.43 bits per heavy atom. The first-order valence-corrected chi connectivity index (χ1v) is 3.77. The number of ether oxygens (including phenoxy) is 1. The van der Waals surface area contributed by atoms with E-state index < -0.39 is 18.2 Å². The Morgan fingerprint density at radius 3 is 2.57 bits per heavy atom. The zero-order valence-corrected chi connectivity index (χ0v) is 7.25. The minimum absolute atomic E-state index is 0.270. The van der Waals surface area contributed by atoms with Crippen molar-refractivity contribution in [3.8, 4) is 5.75 Å². The van der Waals surface area contributed by atoms with Crippen LogP contribution >= 0.6 is 0 Å². The van der Waals surface area contributed by atoms with Gasteiger partial charge in [-0.1, -0.05) is 0 Å². The van der Waals surface area contributed by atoms with Crippen LogP contribution in [0.4, 0.5) is 13.2 Å². The van der Waals surface area contributed by atoms with Gasteiger partial charge >= 0.3 is 6.36 Å². The van der Waals surface area contributed by atoms with Crippen LogP contribution in [0.15, 0.2) is 18.5 Å². The SMILES string of the molecule is CC(O)c1cncc(OC(F)(F)F)c1. The number of rotatable bonds is 2. The van der Waals surface area contributed by atoms with E-state index >= 15 is 0 Å². The molecule has 3 nitrogen and oxygen atoms in total. The smallest absolute Gasteiger partial charge is 0.404 e. The second-order valence-corrected chi connectivity index (χ2v) is 2.68. The van der Waals surface area contributed by atoms with E-state index in [1.165, 1.54) is 13.1 Å². The Labute approximate surface area is 78.2 Å². The number of hydrogen-bond acceptors (Lipinski definition) is 3. The van der Waals surface area contributed by atoms with Gasteiger partial charge in [-0.2, -0.15) is 0 Å². The summed E-state index contributed by atoms with van der Waals surface area (Å²) in [6.07, 6.45) is -3.41. The molecule has 1 aromatic heterocycles. The van der Waals surface area contributed by atoms with E-state index in [-0.39, 0.29) is 5.56 Å². The van der Waals surface area contributed by atoms with E-state index in [2.05, 4.69) is 9.72 Å². The van der Waals surface area contributed by atoms with Crippen molar-refractivity contribution < 1.29 is 23.0 Å². The summed E-state index contributed by atoms with van der Waals surface area (Å²) in [5.74, 6) is -0.434. The summed E-state index contributed by atoms with van der Waals surface area (Å²) in [6.45, 7) is 1.42. The molecule has 1 unspecified atom stereocenters. The summed E-state index contributed by atoms with van der Waals surface area (Å²) in [5.41, 5.74) is 0.270. The van der Waals surface area contributed by atoms with Gasteiger partial charge in [0.1, 0.15) is 5.75 Å². The maximum Gasteiger partial charge on any atom is 0.573 e. The second-order valence-electron chi connectivity index (χ2n) is 2.68. The molecule has 0 bridgehead atoms. The van der Waals surface area contributed by atoms with Gasteiger partial charge in [0.05, 0.1) is 12.3 Å². The summed E-state index contributed by atoms with van der Waals surface area (Å²) in [4.78, 5) is 3.51. The van der Waals surface area contributed by atoms with E-state index in [4.69, 9.17) is 5.11 Å². The van der Waals surface area contributed by atoms with Gasteiger partial charge in [0.15, 0.2) is 0 Å². The molecule has 0 radical (unpaired) electrons. The third kappa shape index (κ3) is 3.21. The predicted octanol–water partition coefficient (Wildman–Crippen LogP) is 2.03. The van der Waals surface area contributed by atoms with Gasteiger partial charge in [0, 0.05) is 11.8 Å². The maximum atomic E-state index is 11.8. The fraction of sp³-hybridized carbons (Fsp3) is 0.375. The summed E-state index contributed by atoms with van der Waals surface area (Å²) < 4.78 is 38.9. The van der Waals surface area contributed by atoms with Crippen molar-refractivity contribution in [2.45, 2.75) is 19.4 Å². The number of aromatic nitrogens is 1. The highest BCUT2D eigenvalue weighted by molar-refractivity contribution is 5.24. The first-order chi connectivity index (χ1) is 6.38. The molecule has 0 aliphatic rings. The maximum absolute atomic E-state index is 11.8. The van der Waals surface area contributed by atoms with Crippen LogP contribution in [0.5, 0.6) is 5.75 Å². The number of hydrogen-bond donors (Lipinski definition) is 1. The van der Waals surface area contributed by atoms with E-state index in [1.54, 1.807) is 0 Å². The highest BCUT2D eigenvalue weighted by atomic mass is 19.4. The first-order valence-electron chi connectivity index (χ1n) is 3.77. The Morgan fingerprint density at radius 2 is 2.07 bits per heavy atom. The molecule has 1 atom stereocenters. The van der Waals surface area contributed by atoms with E-state index in [0.29, 0.717) is 0 Å². The molecule has 1 rings (SSSR count). The zero-order chi connectivity index (χ0) is 10.8. The topological polar surface area (TPSA) is 42.4 Å². The lowest BCUT2D eigenvalue weighted by Gasteiger charge is -2.10. The van der Waals surface area contributed by atoms with Crippen LogP contribution in [-0.4, -0.2) is 16.5 Å². The summed E-state index contributed by atoms with van der Waals surface area (Å²) in [7, 11) is 0. The highest BCUT2D eigenvalue weighted by Gasteiger charge is 2.31. The molecule has 0 spiro atoms. The standard InChI is InChI=1S/C8H8F3NO2/c1-5(13)6-2-7(4-12-3-6)14-8(9,10)11/h2-5,13H,1H3. The van der Waals surface area contributed by atoms with Crippen LogP contribution in [0.1, 0.15) is 18.6 Å². The summed E-state index contributed by atoms with van der Waals surface area (Å²) in [6, 6.07) is 1.09. The molecule has 0 fully saturated rings. The van der Waals surface area contributed by atoms with Crippen molar-refractivity contribution in [3.05, 3.63) is 24.0 Å². The van der Waals surface area contributed by atoms with Crippen molar-refractivity contribution in [2.24, 2.45) is 0 Å². The van der Waals surface area contributed by atoms with E-state index in [1.807, 2.05) is 0 Å². The normalized spacial score (nSPS) is 13.8. The summed E-state index contributed by atoms with van der Waals surface area (Å²) >= 11 is 0. The third-order valence-electron chi connectivity index (χ3n) is 1.45. The average molecular weight is 207 g/mol. The molecule has 1 N–H and O–H groups in total. The lowest BCUT2D eigenvalue weighted by molar-refractivity contribution is -0.274. The van der Waals surface area contributed by atoms with Gasteiger partial charge in [-0.25, -0.2) is 0 Å². The van der Waals surface area contributed by atoms with Crippen molar-refractivity contribution in [2.75, 3.05) is 0 Å². The van der Waals surface area contributed by atoms with Crippen LogP contribution in [0.25, 0.3) is 0 Å². The summed E-state index contributed by atoms with van der Waals surface area (Å²) in [5, 5.41) is 9.07. The highest BCUT2D eigenvalue weighted by Crippen LogP contribution is 2.24. The van der Waals surface area contributed by atoms with Crippen molar-refractivity contribution in [3.63, 3.8) is 0 Å². The largest absolute Gasteiger partial charge is 0.573 e. The molecule has 0 aliphatic carbocycles. The van der Waals surface area contributed by atoms with Crippen LogP contribution in [-0.2, 0) is 0 Å². The van der Waals surface area contributed by atoms with Crippen molar-refractivity contribution in [1.29, 1.82) is 0 Å². The van der Waals surface area contributed by atoms with Gasteiger partial charge in [0.25, 0.3) is 0 Å². The minimum atomic E-state index is -4.74. The molecule has 14 heavy (non-hydrogen) atoms. The quantitative estimate of drug-likeness (QED) is 0.806. The van der Waals surface area contributed by atoms with Gasteiger partial charge < -0.3 is 9.84 Å². The fourth-order valence-corrected chi connectivity index (χ4v) is 0.854. The molecule has 1 aromatic rings. The Hall–Kier alpha value is -1.30. The first kappa shape index (κ1) is 10.8. The average Bonchev–Trinajstić information content (AvgIpc) is 2.01. The Bertz CT molecular complexity index is 312. The van der Waals surface area contributed by atoms with E-state index in [9.17, 15) is 13.2 Å². The third-order valence-corrected chi connectivity index (χ3v) is 1.45. The van der Waals surface area contributed by atoms with Crippen LogP contribution in [0.3, 0.4) is 0 Å². The lowest BCUT2D eigenvalue weighted by Crippen LogP contribution is -2.17. The molecule has 6 heteroatoms. The number of aliphatic hydroxyl groups is 1. The molecule has 0 saturated carbocycles. The number of nitrogens with zero attached hydrogens (tertiary/aromatic N) is 1.